The van der Waals surface area contributed by atoms with E-state index >= 15 is 0 Å². The van der Waals surface area contributed by atoms with E-state index < -0.39 is 0 Å². The smallest absolute Gasteiger partial charge is 0.227 e. The zero-order valence-corrected chi connectivity index (χ0v) is 16.1. The summed E-state index contributed by atoms with van der Waals surface area (Å²) in [6, 6.07) is 6.55. The summed E-state index contributed by atoms with van der Waals surface area (Å²) in [5.74, 6) is 0.711. The van der Waals surface area contributed by atoms with Gasteiger partial charge in [-0.2, -0.15) is 0 Å². The molecule has 2 unspecified atom stereocenters. The Morgan fingerprint density at radius 3 is 3.00 bits per heavy atom. The third-order valence-corrected chi connectivity index (χ3v) is 6.16. The van der Waals surface area contributed by atoms with Crippen LogP contribution < -0.4 is 0 Å². The van der Waals surface area contributed by atoms with Crippen molar-refractivity contribution in [1.82, 2.24) is 9.88 Å². The molecule has 24 heavy (non-hydrogen) atoms. The zero-order chi connectivity index (χ0) is 16.8. The number of H-pyrrole nitrogens is 1. The summed E-state index contributed by atoms with van der Waals surface area (Å²) in [4.78, 5) is 18.5. The predicted molar refractivity (Wildman–Crippen MR) is 106 cm³/mol. The maximum Gasteiger partial charge on any atom is 0.227 e. The Labute approximate surface area is 155 Å². The Kier molecular flexibility index (Phi) is 4.03. The van der Waals surface area contributed by atoms with Crippen molar-refractivity contribution >= 4 is 39.4 Å². The summed E-state index contributed by atoms with van der Waals surface area (Å²) in [5, 5.41) is 1.18. The molecule has 2 aromatic rings. The van der Waals surface area contributed by atoms with E-state index in [2.05, 4.69) is 82.7 Å². The number of carbonyl (C=O) groups is 1. The third kappa shape index (κ3) is 2.61. The second-order valence-corrected chi connectivity index (χ2v) is 7.93. The van der Waals surface area contributed by atoms with Gasteiger partial charge in [0.15, 0.2) is 0 Å². The van der Waals surface area contributed by atoms with Gasteiger partial charge in [0.2, 0.25) is 5.91 Å². The molecule has 5 rings (SSSR count). The van der Waals surface area contributed by atoms with E-state index in [-0.39, 0.29) is 11.9 Å². The highest BCUT2D eigenvalue weighted by Crippen LogP contribution is 2.35. The molecular formula is C20H21IN2O. The highest BCUT2D eigenvalue weighted by molar-refractivity contribution is 14.1. The number of aromatic amines is 1. The van der Waals surface area contributed by atoms with Crippen LogP contribution in [0, 0.1) is 16.5 Å². The Morgan fingerprint density at radius 1 is 1.42 bits per heavy atom. The van der Waals surface area contributed by atoms with E-state index in [1.807, 2.05) is 0 Å². The van der Waals surface area contributed by atoms with Crippen molar-refractivity contribution in [3.8, 4) is 0 Å². The van der Waals surface area contributed by atoms with E-state index in [1.165, 1.54) is 16.5 Å². The number of benzene rings is 1. The maximum atomic E-state index is 13.0. The number of nitrogens with zero attached hydrogens (tertiary/aromatic N) is 1. The van der Waals surface area contributed by atoms with Gasteiger partial charge in [0, 0.05) is 23.0 Å². The van der Waals surface area contributed by atoms with Crippen LogP contribution >= 0.6 is 22.6 Å². The molecule has 1 amide bonds. The monoisotopic (exact) mass is 432 g/mol. The van der Waals surface area contributed by atoms with Crippen molar-refractivity contribution in [2.75, 3.05) is 6.54 Å². The molecule has 1 aromatic heterocycles. The van der Waals surface area contributed by atoms with Crippen molar-refractivity contribution in [3.05, 3.63) is 56.8 Å². The lowest BCUT2D eigenvalue weighted by Gasteiger charge is -2.43. The van der Waals surface area contributed by atoms with Crippen LogP contribution in [-0.4, -0.2) is 28.4 Å². The fraction of sp³-hybridized carbons (Fsp3) is 0.350. The molecule has 1 saturated heterocycles. The molecule has 0 radical (unpaired) electrons. The highest BCUT2D eigenvalue weighted by atomic mass is 127. The van der Waals surface area contributed by atoms with Gasteiger partial charge >= 0.3 is 0 Å². The van der Waals surface area contributed by atoms with E-state index in [1.54, 1.807) is 0 Å². The Balaban J connectivity index is 1.64. The van der Waals surface area contributed by atoms with Gasteiger partial charge in [0.25, 0.3) is 0 Å². The molecule has 3 heterocycles. The molecule has 4 heteroatoms. The number of rotatable bonds is 2. The minimum absolute atomic E-state index is 0.164. The molecule has 3 nitrogen and oxygen atoms in total. The standard InChI is InChI=1S/C20H21IN2O/c1-3-14-9-13-5-7-18(14)23(11-13)19(24)10-16-15-8-12(2)4-6-17(15)22-20(16)21/h3-8,13,18,22H,9-11H2,1-2H3/b14-3+. The number of piperidine rings is 1. The van der Waals surface area contributed by atoms with Crippen molar-refractivity contribution < 1.29 is 4.79 Å². The lowest BCUT2D eigenvalue weighted by atomic mass is 9.81. The fourth-order valence-corrected chi connectivity index (χ4v) is 4.74. The van der Waals surface area contributed by atoms with Crippen molar-refractivity contribution in [2.24, 2.45) is 5.92 Å². The highest BCUT2D eigenvalue weighted by Gasteiger charge is 2.35. The van der Waals surface area contributed by atoms with Crippen LogP contribution in [0.3, 0.4) is 0 Å². The number of amides is 1. The van der Waals surface area contributed by atoms with Gasteiger partial charge in [-0.25, -0.2) is 0 Å². The van der Waals surface area contributed by atoms with E-state index in [0.29, 0.717) is 12.3 Å². The summed E-state index contributed by atoms with van der Waals surface area (Å²) in [5.41, 5.74) is 4.85. The Hall–Kier alpha value is -1.56. The Morgan fingerprint density at radius 2 is 2.25 bits per heavy atom. The largest absolute Gasteiger partial charge is 0.350 e. The SMILES string of the molecule is C/C=C1\CC2C=CC1N(C(=O)Cc1c(I)[nH]c3ccc(C)cc13)C2. The number of nitrogens with one attached hydrogen (secondary N) is 1. The summed E-state index contributed by atoms with van der Waals surface area (Å²) in [6.07, 6.45) is 8.23. The van der Waals surface area contributed by atoms with Crippen molar-refractivity contribution in [3.63, 3.8) is 0 Å². The first kappa shape index (κ1) is 15.9. The number of fused-ring (bicyclic) bond motifs is 3. The Bertz CT molecular complexity index is 877. The first-order valence-corrected chi connectivity index (χ1v) is 9.54. The molecule has 0 saturated carbocycles. The van der Waals surface area contributed by atoms with E-state index in [4.69, 9.17) is 0 Å². The molecular weight excluding hydrogens is 411 g/mol. The molecule has 124 valence electrons. The topological polar surface area (TPSA) is 36.1 Å². The molecule has 2 aliphatic heterocycles. The van der Waals surface area contributed by atoms with E-state index in [0.717, 1.165) is 27.7 Å². The summed E-state index contributed by atoms with van der Waals surface area (Å²) in [7, 11) is 0. The lowest BCUT2D eigenvalue weighted by molar-refractivity contribution is -0.132. The number of carbonyl (C=O) groups excluding carboxylic acids is 1. The fourth-order valence-electron chi connectivity index (χ4n) is 3.97. The molecule has 1 N–H and O–H groups in total. The number of hydrogen-bond donors (Lipinski definition) is 1. The van der Waals surface area contributed by atoms with Gasteiger partial charge in [-0.3, -0.25) is 4.79 Å². The predicted octanol–water partition coefficient (Wildman–Crippen LogP) is 4.36. The summed E-state index contributed by atoms with van der Waals surface area (Å²) < 4.78 is 1.07. The van der Waals surface area contributed by atoms with Crippen molar-refractivity contribution in [1.29, 1.82) is 0 Å². The summed E-state index contributed by atoms with van der Waals surface area (Å²) >= 11 is 2.31. The van der Waals surface area contributed by atoms with Gasteiger partial charge in [0.1, 0.15) is 0 Å². The van der Waals surface area contributed by atoms with Gasteiger partial charge in [0.05, 0.1) is 16.2 Å². The molecule has 2 atom stereocenters. The van der Waals surface area contributed by atoms with Crippen LogP contribution in [0.2, 0.25) is 0 Å². The number of aryl methyl sites for hydroxylation is 1. The number of aromatic nitrogens is 1. The molecule has 1 aromatic carbocycles. The normalized spacial score (nSPS) is 24.3. The second-order valence-electron chi connectivity index (χ2n) is 6.85. The van der Waals surface area contributed by atoms with Crippen LogP contribution in [0.1, 0.15) is 24.5 Å². The first-order valence-electron chi connectivity index (χ1n) is 8.46. The van der Waals surface area contributed by atoms with Crippen LogP contribution in [0.15, 0.2) is 42.0 Å². The van der Waals surface area contributed by atoms with Gasteiger partial charge in [-0.1, -0.05) is 29.9 Å². The number of hydrogen-bond acceptors (Lipinski definition) is 1. The average molecular weight is 432 g/mol. The van der Waals surface area contributed by atoms with Crippen LogP contribution in [0.4, 0.5) is 0 Å². The van der Waals surface area contributed by atoms with Crippen LogP contribution in [0.5, 0.6) is 0 Å². The van der Waals surface area contributed by atoms with Gasteiger partial charge in [-0.05, 0) is 66.5 Å². The molecule has 1 aliphatic carbocycles. The molecule has 2 bridgehead atoms. The summed E-state index contributed by atoms with van der Waals surface area (Å²) in [6.45, 7) is 5.03. The molecule has 0 spiro atoms. The number of allylic oxidation sites excluding steroid dienone is 1. The van der Waals surface area contributed by atoms with Crippen molar-refractivity contribution in [2.45, 2.75) is 32.7 Å². The first-order chi connectivity index (χ1) is 11.6. The zero-order valence-electron chi connectivity index (χ0n) is 14.0. The lowest BCUT2D eigenvalue weighted by Crippen LogP contribution is -2.50. The maximum absolute atomic E-state index is 13.0. The van der Waals surface area contributed by atoms with E-state index in [9.17, 15) is 4.79 Å². The average Bonchev–Trinajstić information content (AvgIpc) is 2.90. The quantitative estimate of drug-likeness (QED) is 0.556. The molecule has 1 fully saturated rings. The van der Waals surface area contributed by atoms with Crippen LogP contribution in [0.25, 0.3) is 10.9 Å². The van der Waals surface area contributed by atoms with Crippen LogP contribution in [-0.2, 0) is 11.2 Å². The number of halogens is 1. The minimum Gasteiger partial charge on any atom is -0.350 e. The second kappa shape index (κ2) is 6.06. The van der Waals surface area contributed by atoms with Gasteiger partial charge in [-0.15, -0.1) is 0 Å². The third-order valence-electron chi connectivity index (χ3n) is 5.24. The molecule has 3 aliphatic rings. The minimum atomic E-state index is 0.164. The van der Waals surface area contributed by atoms with Gasteiger partial charge < -0.3 is 9.88 Å².